The molecule has 7 nitrogen and oxygen atoms in total. The summed E-state index contributed by atoms with van der Waals surface area (Å²) >= 11 is 0. The second kappa shape index (κ2) is 9.89. The van der Waals surface area contributed by atoms with Gasteiger partial charge in [0.1, 0.15) is 13.2 Å². The largest absolute Gasteiger partial charge is 0.486 e. The van der Waals surface area contributed by atoms with Gasteiger partial charge in [-0.3, -0.25) is 9.79 Å². The van der Waals surface area contributed by atoms with Crippen LogP contribution in [0.2, 0.25) is 0 Å². The number of guanidine groups is 1. The van der Waals surface area contributed by atoms with E-state index >= 15 is 0 Å². The van der Waals surface area contributed by atoms with Crippen molar-refractivity contribution in [2.45, 2.75) is 27.3 Å². The molecule has 1 aliphatic heterocycles. The summed E-state index contributed by atoms with van der Waals surface area (Å²) in [6, 6.07) is 6.00. The summed E-state index contributed by atoms with van der Waals surface area (Å²) in [7, 11) is 1.99. The van der Waals surface area contributed by atoms with Gasteiger partial charge >= 0.3 is 0 Å². The first-order valence-corrected chi connectivity index (χ1v) is 9.17. The number of amides is 1. The van der Waals surface area contributed by atoms with Crippen molar-refractivity contribution in [1.82, 2.24) is 15.5 Å². The van der Waals surface area contributed by atoms with E-state index in [4.69, 9.17) is 9.47 Å². The second-order valence-corrected chi connectivity index (χ2v) is 6.52. The number of nitrogens with one attached hydrogen (secondary N) is 2. The molecule has 0 aromatic heterocycles. The van der Waals surface area contributed by atoms with Crippen LogP contribution in [0.4, 0.5) is 0 Å². The fraction of sp³-hybridized carbons (Fsp3) is 0.579. The van der Waals surface area contributed by atoms with Gasteiger partial charge in [0.25, 0.3) is 0 Å². The number of hydrogen-bond donors (Lipinski definition) is 2. The predicted octanol–water partition coefficient (Wildman–Crippen LogP) is 1.63. The second-order valence-electron chi connectivity index (χ2n) is 6.52. The van der Waals surface area contributed by atoms with Gasteiger partial charge in [0.2, 0.25) is 5.91 Å². The normalized spacial score (nSPS) is 13.5. The Bertz CT molecular complexity index is 631. The standard InChI is InChI=1S/C19H30N4O3/c1-5-20-19(22-9-8-21-18(24)14(2)3)23(4)13-15-6-7-16-17(12-15)26-11-10-25-16/h6-7,12,14H,5,8-11,13H2,1-4H3,(H,20,22)(H,21,24). The number of benzene rings is 1. The summed E-state index contributed by atoms with van der Waals surface area (Å²) in [5.74, 6) is 2.44. The van der Waals surface area contributed by atoms with Crippen molar-refractivity contribution >= 4 is 11.9 Å². The lowest BCUT2D eigenvalue weighted by Gasteiger charge is -2.24. The fourth-order valence-corrected chi connectivity index (χ4v) is 2.55. The molecule has 26 heavy (non-hydrogen) atoms. The number of carbonyl (C=O) groups excluding carboxylic acids is 1. The molecular weight excluding hydrogens is 332 g/mol. The molecule has 1 heterocycles. The van der Waals surface area contributed by atoms with Crippen molar-refractivity contribution in [3.63, 3.8) is 0 Å². The van der Waals surface area contributed by atoms with E-state index in [-0.39, 0.29) is 11.8 Å². The van der Waals surface area contributed by atoms with Gasteiger partial charge < -0.3 is 25.0 Å². The van der Waals surface area contributed by atoms with Crippen LogP contribution in [0.3, 0.4) is 0 Å². The zero-order valence-corrected chi connectivity index (χ0v) is 16.2. The molecule has 7 heteroatoms. The highest BCUT2D eigenvalue weighted by Crippen LogP contribution is 2.30. The van der Waals surface area contributed by atoms with Crippen LogP contribution in [0.1, 0.15) is 26.3 Å². The first-order valence-electron chi connectivity index (χ1n) is 9.17. The maximum atomic E-state index is 11.6. The van der Waals surface area contributed by atoms with Crippen molar-refractivity contribution in [1.29, 1.82) is 0 Å². The Morgan fingerprint density at radius 2 is 1.96 bits per heavy atom. The minimum absolute atomic E-state index is 0.00917. The van der Waals surface area contributed by atoms with Crippen LogP contribution in [0.5, 0.6) is 11.5 Å². The van der Waals surface area contributed by atoms with Crippen LogP contribution in [-0.4, -0.2) is 56.7 Å². The first-order chi connectivity index (χ1) is 12.5. The van der Waals surface area contributed by atoms with Crippen LogP contribution in [0, 0.1) is 5.92 Å². The van der Waals surface area contributed by atoms with E-state index in [0.717, 1.165) is 29.6 Å². The summed E-state index contributed by atoms with van der Waals surface area (Å²) in [4.78, 5) is 18.2. The molecule has 2 N–H and O–H groups in total. The van der Waals surface area contributed by atoms with Crippen LogP contribution in [-0.2, 0) is 11.3 Å². The predicted molar refractivity (Wildman–Crippen MR) is 103 cm³/mol. The fourth-order valence-electron chi connectivity index (χ4n) is 2.55. The molecule has 1 aromatic rings. The molecule has 144 valence electrons. The third-order valence-corrected chi connectivity index (χ3v) is 3.92. The monoisotopic (exact) mass is 362 g/mol. The van der Waals surface area contributed by atoms with Crippen molar-refractivity contribution < 1.29 is 14.3 Å². The van der Waals surface area contributed by atoms with E-state index in [2.05, 4.69) is 20.5 Å². The lowest BCUT2D eigenvalue weighted by atomic mass is 10.2. The molecule has 0 saturated carbocycles. The Balaban J connectivity index is 1.93. The molecule has 0 atom stereocenters. The van der Waals surface area contributed by atoms with E-state index in [9.17, 15) is 4.79 Å². The van der Waals surface area contributed by atoms with Gasteiger partial charge in [-0.2, -0.15) is 0 Å². The Kier molecular flexibility index (Phi) is 7.56. The molecule has 0 unspecified atom stereocenters. The molecule has 0 bridgehead atoms. The number of hydrogen-bond acceptors (Lipinski definition) is 4. The van der Waals surface area contributed by atoms with Gasteiger partial charge in [0.15, 0.2) is 17.5 Å². The van der Waals surface area contributed by atoms with E-state index in [1.165, 1.54) is 0 Å². The number of rotatable bonds is 7. The summed E-state index contributed by atoms with van der Waals surface area (Å²) in [6.45, 7) is 9.51. The topological polar surface area (TPSA) is 75.2 Å². The summed E-state index contributed by atoms with van der Waals surface area (Å²) in [6.07, 6.45) is 0. The molecular formula is C19H30N4O3. The van der Waals surface area contributed by atoms with Gasteiger partial charge in [0.05, 0.1) is 6.54 Å². The maximum absolute atomic E-state index is 11.6. The summed E-state index contributed by atoms with van der Waals surface area (Å²) in [5.41, 5.74) is 1.12. The van der Waals surface area contributed by atoms with Crippen molar-refractivity contribution in [2.75, 3.05) is 39.9 Å². The van der Waals surface area contributed by atoms with Gasteiger partial charge in [0, 0.05) is 32.6 Å². The van der Waals surface area contributed by atoms with Gasteiger partial charge in [-0.15, -0.1) is 0 Å². The van der Waals surface area contributed by atoms with Crippen LogP contribution >= 0.6 is 0 Å². The molecule has 0 radical (unpaired) electrons. The van der Waals surface area contributed by atoms with E-state index in [1.807, 2.05) is 46.0 Å². The molecule has 0 aliphatic carbocycles. The smallest absolute Gasteiger partial charge is 0.222 e. The van der Waals surface area contributed by atoms with E-state index in [0.29, 0.717) is 32.8 Å². The highest BCUT2D eigenvalue weighted by Gasteiger charge is 2.13. The van der Waals surface area contributed by atoms with Gasteiger partial charge in [-0.25, -0.2) is 0 Å². The zero-order chi connectivity index (χ0) is 18.9. The minimum atomic E-state index is -0.00917. The summed E-state index contributed by atoms with van der Waals surface area (Å²) in [5, 5.41) is 6.16. The zero-order valence-electron chi connectivity index (χ0n) is 16.2. The van der Waals surface area contributed by atoms with Crippen LogP contribution < -0.4 is 20.1 Å². The highest BCUT2D eigenvalue weighted by atomic mass is 16.6. The minimum Gasteiger partial charge on any atom is -0.486 e. The van der Waals surface area contributed by atoms with Crippen LogP contribution in [0.15, 0.2) is 23.2 Å². The molecule has 0 saturated heterocycles. The lowest BCUT2D eigenvalue weighted by molar-refractivity contribution is -0.123. The number of nitrogens with zero attached hydrogens (tertiary/aromatic N) is 2. The number of fused-ring (bicyclic) bond motifs is 1. The van der Waals surface area contributed by atoms with E-state index in [1.54, 1.807) is 0 Å². The SMILES string of the molecule is CCNC(=NCCNC(=O)C(C)C)N(C)Cc1ccc2c(c1)OCCO2. The Morgan fingerprint density at radius 1 is 1.23 bits per heavy atom. The first kappa shape index (κ1) is 19.9. The number of carbonyl (C=O) groups is 1. The van der Waals surface area contributed by atoms with Gasteiger partial charge in [-0.05, 0) is 24.6 Å². The van der Waals surface area contributed by atoms with Crippen molar-refractivity contribution in [2.24, 2.45) is 10.9 Å². The molecule has 0 spiro atoms. The molecule has 1 amide bonds. The average molecular weight is 362 g/mol. The third kappa shape index (κ3) is 5.82. The molecule has 1 aromatic carbocycles. The molecule has 0 fully saturated rings. The van der Waals surface area contributed by atoms with Crippen LogP contribution in [0.25, 0.3) is 0 Å². The number of aliphatic imine (C=N–C) groups is 1. The lowest BCUT2D eigenvalue weighted by Crippen LogP contribution is -2.39. The van der Waals surface area contributed by atoms with Gasteiger partial charge in [-0.1, -0.05) is 19.9 Å². The Labute approximate surface area is 155 Å². The Hall–Kier alpha value is -2.44. The molecule has 1 aliphatic rings. The highest BCUT2D eigenvalue weighted by molar-refractivity contribution is 5.80. The molecule has 2 rings (SSSR count). The van der Waals surface area contributed by atoms with E-state index < -0.39 is 0 Å². The number of ether oxygens (including phenoxy) is 2. The summed E-state index contributed by atoms with van der Waals surface area (Å²) < 4.78 is 11.2. The van der Waals surface area contributed by atoms with Crippen molar-refractivity contribution in [3.8, 4) is 11.5 Å². The third-order valence-electron chi connectivity index (χ3n) is 3.92. The quantitative estimate of drug-likeness (QED) is 0.438. The maximum Gasteiger partial charge on any atom is 0.222 e. The van der Waals surface area contributed by atoms with Crippen molar-refractivity contribution in [3.05, 3.63) is 23.8 Å². The Morgan fingerprint density at radius 3 is 2.65 bits per heavy atom. The average Bonchev–Trinajstić information content (AvgIpc) is 2.63.